The van der Waals surface area contributed by atoms with Gasteiger partial charge in [0.2, 0.25) is 0 Å². The first kappa shape index (κ1) is 23.4. The van der Waals surface area contributed by atoms with Crippen LogP contribution in [0.5, 0.6) is 0 Å². The number of rotatable bonds is 8. The molecule has 0 fully saturated rings. The number of thiol groups is 1. The van der Waals surface area contributed by atoms with Crippen molar-refractivity contribution >= 4 is 59.7 Å². The van der Waals surface area contributed by atoms with Gasteiger partial charge in [-0.05, 0) is 54.3 Å². The van der Waals surface area contributed by atoms with E-state index in [0.29, 0.717) is 0 Å². The van der Waals surface area contributed by atoms with E-state index in [1.807, 2.05) is 47.0 Å². The molecule has 4 aromatic rings. The summed E-state index contributed by atoms with van der Waals surface area (Å²) in [6, 6.07) is 32.9. The fourth-order valence-electron chi connectivity index (χ4n) is 3.66. The number of hydrogen-bond acceptors (Lipinski definition) is 5. The van der Waals surface area contributed by atoms with Crippen LogP contribution in [0.25, 0.3) is 0 Å². The quantitative estimate of drug-likeness (QED) is 0.160. The maximum atomic E-state index is 4.94. The molecule has 0 spiro atoms. The Kier molecular flexibility index (Phi) is 8.05. The Morgan fingerprint density at radius 3 is 1.94 bits per heavy atom. The standard InChI is InChI=1S/C28H24S5/c29-27-24(31-18-16-21-9-5-2-6-10-21)13-14-25-28(27)33-23-12-11-22(19-26(23)32-25)30-17-15-20-7-3-1-4-8-20/h1-14,19,29H,15-18H2. The van der Waals surface area contributed by atoms with Crippen molar-refractivity contribution in [3.63, 3.8) is 0 Å². The second kappa shape index (κ2) is 11.4. The summed E-state index contributed by atoms with van der Waals surface area (Å²) in [6.07, 6.45) is 2.17. The van der Waals surface area contributed by atoms with Gasteiger partial charge < -0.3 is 0 Å². The second-order valence-electron chi connectivity index (χ2n) is 7.72. The monoisotopic (exact) mass is 520 g/mol. The molecule has 0 bridgehead atoms. The average molecular weight is 521 g/mol. The molecule has 0 nitrogen and oxygen atoms in total. The Morgan fingerprint density at radius 1 is 0.606 bits per heavy atom. The molecule has 0 radical (unpaired) electrons. The van der Waals surface area contributed by atoms with Gasteiger partial charge >= 0.3 is 0 Å². The predicted octanol–water partition coefficient (Wildman–Crippen LogP) is 9.26. The van der Waals surface area contributed by atoms with Crippen LogP contribution < -0.4 is 0 Å². The molecule has 0 unspecified atom stereocenters. The van der Waals surface area contributed by atoms with Crippen LogP contribution in [0, 0.1) is 0 Å². The highest BCUT2D eigenvalue weighted by molar-refractivity contribution is 8.05. The minimum absolute atomic E-state index is 1.06. The van der Waals surface area contributed by atoms with Crippen LogP contribution in [0.4, 0.5) is 0 Å². The molecule has 0 saturated heterocycles. The third-order valence-electron chi connectivity index (χ3n) is 5.40. The number of benzene rings is 4. The van der Waals surface area contributed by atoms with Crippen molar-refractivity contribution in [3.05, 3.63) is 102 Å². The molecule has 0 saturated carbocycles. The van der Waals surface area contributed by atoms with E-state index in [0.717, 1.165) is 29.2 Å². The lowest BCUT2D eigenvalue weighted by molar-refractivity contribution is 1.01. The third kappa shape index (κ3) is 6.01. The summed E-state index contributed by atoms with van der Waals surface area (Å²) in [6.45, 7) is 0. The van der Waals surface area contributed by atoms with E-state index in [4.69, 9.17) is 12.6 Å². The first-order valence-corrected chi connectivity index (χ1v) is 15.0. The van der Waals surface area contributed by atoms with Crippen molar-refractivity contribution in [2.75, 3.05) is 11.5 Å². The molecule has 33 heavy (non-hydrogen) atoms. The van der Waals surface area contributed by atoms with Gasteiger partial charge in [0.25, 0.3) is 0 Å². The molecule has 1 aliphatic rings. The van der Waals surface area contributed by atoms with Gasteiger partial charge in [-0.25, -0.2) is 0 Å². The average Bonchev–Trinajstić information content (AvgIpc) is 2.86. The van der Waals surface area contributed by atoms with Crippen molar-refractivity contribution < 1.29 is 0 Å². The maximum absolute atomic E-state index is 4.94. The molecule has 166 valence electrons. The van der Waals surface area contributed by atoms with E-state index in [9.17, 15) is 0 Å². The molecule has 1 heterocycles. The van der Waals surface area contributed by atoms with Gasteiger partial charge in [-0.1, -0.05) is 84.2 Å². The van der Waals surface area contributed by atoms with Crippen molar-refractivity contribution in [2.24, 2.45) is 0 Å². The van der Waals surface area contributed by atoms with E-state index in [2.05, 4.69) is 91.0 Å². The van der Waals surface area contributed by atoms with Crippen LogP contribution in [0.1, 0.15) is 11.1 Å². The van der Waals surface area contributed by atoms with E-state index < -0.39 is 0 Å². The first-order valence-electron chi connectivity index (χ1n) is 11.0. The zero-order valence-corrected chi connectivity index (χ0v) is 22.2. The third-order valence-corrected chi connectivity index (χ3v) is 10.8. The lowest BCUT2D eigenvalue weighted by atomic mass is 10.2. The normalized spacial score (nSPS) is 12.3. The smallest absolute Gasteiger partial charge is 0.0407 e. The van der Waals surface area contributed by atoms with Gasteiger partial charge in [0.05, 0.1) is 0 Å². The highest BCUT2D eigenvalue weighted by Crippen LogP contribution is 2.52. The lowest BCUT2D eigenvalue weighted by Gasteiger charge is -2.21. The van der Waals surface area contributed by atoms with Gasteiger partial charge in [0.15, 0.2) is 0 Å². The summed E-state index contributed by atoms with van der Waals surface area (Å²) in [5, 5.41) is 0. The molecule has 0 aliphatic carbocycles. The van der Waals surface area contributed by atoms with Crippen molar-refractivity contribution in [3.8, 4) is 0 Å². The zero-order chi connectivity index (χ0) is 22.5. The lowest BCUT2D eigenvalue weighted by Crippen LogP contribution is -1.94. The summed E-state index contributed by atoms with van der Waals surface area (Å²) in [5.41, 5.74) is 2.79. The van der Waals surface area contributed by atoms with Crippen LogP contribution >= 0.6 is 59.7 Å². The largest absolute Gasteiger partial charge is 0.141 e. The summed E-state index contributed by atoms with van der Waals surface area (Å²) in [4.78, 5) is 9.05. The zero-order valence-electron chi connectivity index (χ0n) is 18.1. The summed E-state index contributed by atoms with van der Waals surface area (Å²) < 4.78 is 0. The Morgan fingerprint density at radius 2 is 1.24 bits per heavy atom. The SMILES string of the molecule is Sc1c(SCCc2ccccc2)ccc2c1Sc1ccc(SCCc3ccccc3)cc1S2. The van der Waals surface area contributed by atoms with Gasteiger partial charge in [-0.2, -0.15) is 0 Å². The van der Waals surface area contributed by atoms with Crippen LogP contribution in [0.15, 0.2) is 125 Å². The maximum Gasteiger partial charge on any atom is 0.0407 e. The van der Waals surface area contributed by atoms with Crippen LogP contribution in [-0.4, -0.2) is 11.5 Å². The summed E-state index contributed by atoms with van der Waals surface area (Å²) >= 11 is 12.5. The van der Waals surface area contributed by atoms with E-state index >= 15 is 0 Å². The van der Waals surface area contributed by atoms with E-state index in [1.165, 1.54) is 40.5 Å². The summed E-state index contributed by atoms with van der Waals surface area (Å²) in [5.74, 6) is 2.16. The fraction of sp³-hybridized carbons (Fsp3) is 0.143. The van der Waals surface area contributed by atoms with Crippen molar-refractivity contribution in [2.45, 2.75) is 47.1 Å². The number of fused-ring (bicyclic) bond motifs is 2. The van der Waals surface area contributed by atoms with E-state index in [1.54, 1.807) is 0 Å². The van der Waals surface area contributed by atoms with Gasteiger partial charge in [0.1, 0.15) is 0 Å². The molecule has 5 rings (SSSR count). The topological polar surface area (TPSA) is 0 Å². The van der Waals surface area contributed by atoms with Crippen molar-refractivity contribution in [1.29, 1.82) is 0 Å². The summed E-state index contributed by atoms with van der Waals surface area (Å²) in [7, 11) is 0. The Balaban J connectivity index is 1.22. The number of aryl methyl sites for hydroxylation is 2. The second-order valence-corrected chi connectivity index (χ2v) is 12.6. The first-order chi connectivity index (χ1) is 16.3. The van der Waals surface area contributed by atoms with Gasteiger partial charge in [0, 0.05) is 45.8 Å². The number of thioether (sulfide) groups is 2. The van der Waals surface area contributed by atoms with Crippen molar-refractivity contribution in [1.82, 2.24) is 0 Å². The molecular formula is C28H24S5. The van der Waals surface area contributed by atoms with Crippen LogP contribution in [0.2, 0.25) is 0 Å². The molecule has 1 aliphatic heterocycles. The van der Waals surface area contributed by atoms with Crippen LogP contribution in [-0.2, 0) is 12.8 Å². The molecule has 0 atom stereocenters. The Labute approximate surface area is 219 Å². The Hall–Kier alpha value is -1.37. The molecule has 0 amide bonds. The molecule has 0 N–H and O–H groups in total. The Bertz CT molecular complexity index is 1220. The van der Waals surface area contributed by atoms with Gasteiger partial charge in [-0.3, -0.25) is 0 Å². The van der Waals surface area contributed by atoms with Crippen LogP contribution in [0.3, 0.4) is 0 Å². The highest BCUT2D eigenvalue weighted by atomic mass is 32.2. The minimum atomic E-state index is 1.06. The highest BCUT2D eigenvalue weighted by Gasteiger charge is 2.21. The molecule has 4 aromatic carbocycles. The predicted molar refractivity (Wildman–Crippen MR) is 150 cm³/mol. The van der Waals surface area contributed by atoms with Gasteiger partial charge in [-0.15, -0.1) is 36.2 Å². The minimum Gasteiger partial charge on any atom is -0.141 e. The molecule has 5 heteroatoms. The fourth-order valence-corrected chi connectivity index (χ4v) is 8.61. The molecule has 0 aromatic heterocycles. The van der Waals surface area contributed by atoms with E-state index in [-0.39, 0.29) is 0 Å². The number of hydrogen-bond donors (Lipinski definition) is 1. The molecular weight excluding hydrogens is 497 g/mol.